The molecule has 0 spiro atoms. The third-order valence-electron chi connectivity index (χ3n) is 7.02. The molecule has 6 nitrogen and oxygen atoms in total. The molecule has 0 aromatic carbocycles. The van der Waals surface area contributed by atoms with Gasteiger partial charge in [-0.05, 0) is 45.3 Å². The van der Waals surface area contributed by atoms with Crippen molar-refractivity contribution in [3.05, 3.63) is 45.5 Å². The quantitative estimate of drug-likeness (QED) is 0.448. The molecule has 0 fully saturated rings. The molecule has 7 heteroatoms. The van der Waals surface area contributed by atoms with Crippen molar-refractivity contribution in [2.45, 2.75) is 98.4 Å². The lowest BCUT2D eigenvalue weighted by Crippen LogP contribution is -2.49. The van der Waals surface area contributed by atoms with E-state index < -0.39 is 35.9 Å². The number of aromatic nitrogens is 1. The first-order chi connectivity index (χ1) is 15.8. The molecule has 4 N–H and O–H groups in total. The van der Waals surface area contributed by atoms with Gasteiger partial charge in [0.15, 0.2) is 6.29 Å². The Bertz CT molecular complexity index is 874. The van der Waals surface area contributed by atoms with Gasteiger partial charge in [-0.2, -0.15) is 0 Å². The summed E-state index contributed by atoms with van der Waals surface area (Å²) in [5.41, 5.74) is 1.99. The van der Waals surface area contributed by atoms with Gasteiger partial charge < -0.3 is 25.2 Å². The van der Waals surface area contributed by atoms with Crippen LogP contribution in [-0.4, -0.2) is 56.1 Å². The average Bonchev–Trinajstić information content (AvgIpc) is 3.18. The number of allylic oxidation sites excluding steroid dienone is 2. The fourth-order valence-electron chi connectivity index (χ4n) is 4.38. The lowest BCUT2D eigenvalue weighted by Gasteiger charge is -2.41. The van der Waals surface area contributed by atoms with E-state index >= 15 is 0 Å². The van der Waals surface area contributed by atoms with E-state index in [0.29, 0.717) is 6.42 Å². The summed E-state index contributed by atoms with van der Waals surface area (Å²) in [6.45, 7) is 13.2. The second-order valence-corrected chi connectivity index (χ2v) is 11.5. The Morgan fingerprint density at radius 1 is 1.18 bits per heavy atom. The van der Waals surface area contributed by atoms with E-state index in [1.807, 2.05) is 51.3 Å². The summed E-state index contributed by atoms with van der Waals surface area (Å²) >= 11 is 1.58. The van der Waals surface area contributed by atoms with Crippen LogP contribution in [0.3, 0.4) is 0 Å². The van der Waals surface area contributed by atoms with Crippen molar-refractivity contribution in [1.29, 1.82) is 0 Å². The summed E-state index contributed by atoms with van der Waals surface area (Å²) in [6.07, 6.45) is 4.98. The highest BCUT2D eigenvalue weighted by atomic mass is 32.1. The molecule has 1 aromatic rings. The minimum atomic E-state index is -1.22. The molecule has 0 bridgehead atoms. The molecule has 192 valence electrons. The number of ether oxygens (including phenoxy) is 1. The van der Waals surface area contributed by atoms with Crippen molar-refractivity contribution in [1.82, 2.24) is 4.98 Å². The third-order valence-corrected chi connectivity index (χ3v) is 7.81. The van der Waals surface area contributed by atoms with E-state index in [9.17, 15) is 20.4 Å². The predicted molar refractivity (Wildman–Crippen MR) is 138 cm³/mol. The number of hydrogen-bond acceptors (Lipinski definition) is 7. The van der Waals surface area contributed by atoms with Crippen LogP contribution >= 0.6 is 11.3 Å². The van der Waals surface area contributed by atoms with Gasteiger partial charge in [0.25, 0.3) is 0 Å². The molecule has 1 aliphatic heterocycles. The molecular formula is C27H43NO5S. The summed E-state index contributed by atoms with van der Waals surface area (Å²) in [6, 6.07) is 0. The zero-order valence-electron chi connectivity index (χ0n) is 21.6. The normalized spacial score (nSPS) is 34.6. The van der Waals surface area contributed by atoms with E-state index in [0.717, 1.165) is 28.3 Å². The van der Waals surface area contributed by atoms with Gasteiger partial charge in [-0.25, -0.2) is 4.98 Å². The van der Waals surface area contributed by atoms with Crippen LogP contribution in [0.1, 0.15) is 71.5 Å². The fourth-order valence-corrected chi connectivity index (χ4v) is 4.95. The minimum Gasteiger partial charge on any atom is -0.392 e. The molecule has 0 amide bonds. The summed E-state index contributed by atoms with van der Waals surface area (Å²) in [5.74, 6) is -0.613. The first-order valence-electron chi connectivity index (χ1n) is 12.1. The standard InChI is InChI=1S/C27H43NO5S/c1-16-9-8-10-17(2)25(31)19(4)26(32)27(6,7)23(29)14-24(30)33-22(12-11-16)18(3)13-21-15-34-20(5)28-21/h8,10-11,13,15,17,19,22-26,29-32H,9,12,14H2,1-7H3. The molecular weight excluding hydrogens is 450 g/mol. The maximum Gasteiger partial charge on any atom is 0.157 e. The summed E-state index contributed by atoms with van der Waals surface area (Å²) in [4.78, 5) is 4.50. The summed E-state index contributed by atoms with van der Waals surface area (Å²) in [7, 11) is 0. The van der Waals surface area contributed by atoms with Crippen molar-refractivity contribution in [3.63, 3.8) is 0 Å². The average molecular weight is 494 g/mol. The molecule has 7 unspecified atom stereocenters. The van der Waals surface area contributed by atoms with Crippen molar-refractivity contribution in [3.8, 4) is 0 Å². The van der Waals surface area contributed by atoms with E-state index in [1.165, 1.54) is 0 Å². The largest absolute Gasteiger partial charge is 0.392 e. The second kappa shape index (κ2) is 12.6. The number of aliphatic hydroxyl groups excluding tert-OH is 4. The highest BCUT2D eigenvalue weighted by Crippen LogP contribution is 2.35. The van der Waals surface area contributed by atoms with E-state index in [1.54, 1.807) is 32.1 Å². The third kappa shape index (κ3) is 7.83. The van der Waals surface area contributed by atoms with Crippen LogP contribution in [0.25, 0.3) is 6.08 Å². The Balaban J connectivity index is 2.35. The van der Waals surface area contributed by atoms with Crippen molar-refractivity contribution in [2.75, 3.05) is 0 Å². The Labute approximate surface area is 208 Å². The lowest BCUT2D eigenvalue weighted by atomic mass is 9.72. The Kier molecular flexibility index (Phi) is 10.7. The molecule has 1 aliphatic rings. The molecule has 0 saturated heterocycles. The number of hydrogen-bond donors (Lipinski definition) is 4. The van der Waals surface area contributed by atoms with E-state index in [2.05, 4.69) is 11.1 Å². The van der Waals surface area contributed by atoms with Crippen LogP contribution in [0.15, 0.2) is 34.8 Å². The Morgan fingerprint density at radius 3 is 2.47 bits per heavy atom. The maximum atomic E-state index is 11.0. The maximum absolute atomic E-state index is 11.0. The van der Waals surface area contributed by atoms with Crippen LogP contribution in [0.4, 0.5) is 0 Å². The SMILES string of the molecule is CC1=CCC(C(C)=Cc2csc(C)n2)OC(O)CC(O)C(C)(C)C(O)C(C)C(O)C(C)C=CC1. The van der Waals surface area contributed by atoms with Crippen molar-refractivity contribution in [2.24, 2.45) is 17.3 Å². The Morgan fingerprint density at radius 2 is 1.85 bits per heavy atom. The van der Waals surface area contributed by atoms with Gasteiger partial charge in [-0.15, -0.1) is 11.3 Å². The van der Waals surface area contributed by atoms with Gasteiger partial charge >= 0.3 is 0 Å². The van der Waals surface area contributed by atoms with Gasteiger partial charge in [-0.1, -0.05) is 51.5 Å². The number of nitrogens with zero attached hydrogens (tertiary/aromatic N) is 1. The van der Waals surface area contributed by atoms with Gasteiger partial charge in [0.1, 0.15) is 0 Å². The Hall–Kier alpha value is -1.35. The van der Waals surface area contributed by atoms with Gasteiger partial charge in [0, 0.05) is 29.1 Å². The van der Waals surface area contributed by atoms with Crippen molar-refractivity contribution >= 4 is 17.4 Å². The van der Waals surface area contributed by atoms with Crippen LogP contribution in [-0.2, 0) is 4.74 Å². The minimum absolute atomic E-state index is 0.0510. The topological polar surface area (TPSA) is 103 Å². The molecule has 0 aliphatic carbocycles. The lowest BCUT2D eigenvalue weighted by molar-refractivity contribution is -0.167. The first kappa shape index (κ1) is 28.9. The smallest absolute Gasteiger partial charge is 0.157 e. The molecule has 0 saturated carbocycles. The van der Waals surface area contributed by atoms with Crippen LogP contribution in [0.2, 0.25) is 0 Å². The van der Waals surface area contributed by atoms with Crippen LogP contribution in [0.5, 0.6) is 0 Å². The number of thiazole rings is 1. The fraction of sp³-hybridized carbons (Fsp3) is 0.667. The van der Waals surface area contributed by atoms with Gasteiger partial charge in [-0.3, -0.25) is 0 Å². The predicted octanol–water partition coefficient (Wildman–Crippen LogP) is 4.63. The van der Waals surface area contributed by atoms with Crippen LogP contribution < -0.4 is 0 Å². The van der Waals surface area contributed by atoms with Gasteiger partial charge in [0.2, 0.25) is 0 Å². The molecule has 2 heterocycles. The second-order valence-electron chi connectivity index (χ2n) is 10.4. The van der Waals surface area contributed by atoms with Crippen molar-refractivity contribution < 1.29 is 25.2 Å². The zero-order chi connectivity index (χ0) is 25.6. The molecule has 1 aromatic heterocycles. The van der Waals surface area contributed by atoms with Gasteiger partial charge in [0.05, 0.1) is 35.1 Å². The van der Waals surface area contributed by atoms with E-state index in [4.69, 9.17) is 4.74 Å². The van der Waals surface area contributed by atoms with Crippen LogP contribution in [0, 0.1) is 24.2 Å². The van der Waals surface area contributed by atoms with E-state index in [-0.39, 0.29) is 18.4 Å². The summed E-state index contributed by atoms with van der Waals surface area (Å²) in [5, 5.41) is 46.4. The molecule has 0 radical (unpaired) electrons. The molecule has 7 atom stereocenters. The number of aliphatic hydroxyl groups is 4. The molecule has 2 rings (SSSR count). The zero-order valence-corrected chi connectivity index (χ0v) is 22.4. The number of rotatable bonds is 2. The number of aryl methyl sites for hydroxylation is 1. The molecule has 34 heavy (non-hydrogen) atoms. The highest BCUT2D eigenvalue weighted by molar-refractivity contribution is 7.09. The summed E-state index contributed by atoms with van der Waals surface area (Å²) < 4.78 is 6.01. The monoisotopic (exact) mass is 493 g/mol. The highest BCUT2D eigenvalue weighted by Gasteiger charge is 2.42. The first-order valence-corrected chi connectivity index (χ1v) is 13.0.